The highest BCUT2D eigenvalue weighted by molar-refractivity contribution is 5.66. The molecule has 0 heterocycles. The van der Waals surface area contributed by atoms with Gasteiger partial charge in [-0.15, -0.1) is 0 Å². The normalized spacial score (nSPS) is 13.7. The monoisotopic (exact) mass is 496 g/mol. The van der Waals surface area contributed by atoms with Crippen molar-refractivity contribution in [1.29, 1.82) is 0 Å². The molecule has 32 heavy (non-hydrogen) atoms. The summed E-state index contributed by atoms with van der Waals surface area (Å²) in [4.78, 5) is 10.5. The zero-order valence-electron chi connectivity index (χ0n) is 17.0. The first-order chi connectivity index (χ1) is 14.5. The van der Waals surface area contributed by atoms with E-state index in [0.29, 0.717) is 0 Å². The maximum absolute atomic E-state index is 12.8. The Labute approximate surface area is 178 Å². The number of carboxylic acids is 1. The maximum atomic E-state index is 12.8. The van der Waals surface area contributed by atoms with Gasteiger partial charge in [-0.25, -0.2) is 0 Å². The highest BCUT2D eigenvalue weighted by Crippen LogP contribution is 2.40. The lowest BCUT2D eigenvalue weighted by Crippen LogP contribution is -2.36. The van der Waals surface area contributed by atoms with Gasteiger partial charge >= 0.3 is 30.2 Å². The molecule has 0 aromatic heterocycles. The van der Waals surface area contributed by atoms with Gasteiger partial charge in [0.05, 0.1) is 0 Å². The summed E-state index contributed by atoms with van der Waals surface area (Å²) in [7, 11) is 0. The summed E-state index contributed by atoms with van der Waals surface area (Å²) in [5.41, 5.74) is 0. The zero-order valence-corrected chi connectivity index (χ0v) is 17.0. The molecular weight excluding hydrogens is 470 g/mol. The van der Waals surface area contributed by atoms with E-state index in [1.54, 1.807) is 0 Å². The molecule has 192 valence electrons. The van der Waals surface area contributed by atoms with Crippen LogP contribution in [0.25, 0.3) is 0 Å². The van der Waals surface area contributed by atoms with Crippen LogP contribution in [0.4, 0.5) is 43.9 Å². The van der Waals surface area contributed by atoms with Crippen molar-refractivity contribution in [3.05, 3.63) is 0 Å². The largest absolute Gasteiger partial charge is 0.481 e. The van der Waals surface area contributed by atoms with Crippen LogP contribution in [0, 0.1) is 0 Å². The number of alkyl halides is 10. The van der Waals surface area contributed by atoms with Crippen LogP contribution < -0.4 is 0 Å². The predicted molar refractivity (Wildman–Crippen MR) is 91.5 cm³/mol. The summed E-state index contributed by atoms with van der Waals surface area (Å²) >= 11 is 0. The fourth-order valence-corrected chi connectivity index (χ4v) is 2.41. The van der Waals surface area contributed by atoms with E-state index < -0.39 is 62.1 Å². The highest BCUT2D eigenvalue weighted by atomic mass is 19.4. The molecule has 0 spiro atoms. The van der Waals surface area contributed by atoms with E-state index in [-0.39, 0.29) is 51.7 Å². The van der Waals surface area contributed by atoms with Gasteiger partial charge in [0.2, 0.25) is 0 Å². The SMILES string of the molecule is O=C(O)CCCCC(OCCCCC(F)(F)C(F)(F)F)OCCCCC(F)(F)C(F)(F)F. The second kappa shape index (κ2) is 13.4. The van der Waals surface area contributed by atoms with Crippen molar-refractivity contribution < 1.29 is 63.3 Å². The highest BCUT2D eigenvalue weighted by Gasteiger charge is 2.57. The molecule has 0 saturated carbocycles. The molecule has 0 unspecified atom stereocenters. The minimum atomic E-state index is -5.66. The van der Waals surface area contributed by atoms with Crippen molar-refractivity contribution in [2.75, 3.05) is 13.2 Å². The van der Waals surface area contributed by atoms with E-state index >= 15 is 0 Å². The summed E-state index contributed by atoms with van der Waals surface area (Å²) in [6, 6.07) is 0. The van der Waals surface area contributed by atoms with Gasteiger partial charge in [-0.05, 0) is 44.9 Å². The molecule has 0 saturated heterocycles. The second-order valence-electron chi connectivity index (χ2n) is 7.13. The third-order valence-electron chi connectivity index (χ3n) is 4.29. The van der Waals surface area contributed by atoms with Gasteiger partial charge in [0.1, 0.15) is 0 Å². The summed E-state index contributed by atoms with van der Waals surface area (Å²) < 4.78 is 134. The van der Waals surface area contributed by atoms with Crippen molar-refractivity contribution in [2.45, 2.75) is 94.7 Å². The Kier molecular flexibility index (Phi) is 12.9. The molecule has 0 aromatic rings. The molecule has 0 rings (SSSR count). The molecule has 0 aliphatic rings. The predicted octanol–water partition coefficient (Wildman–Crippen LogP) is 6.73. The van der Waals surface area contributed by atoms with Crippen molar-refractivity contribution in [1.82, 2.24) is 0 Å². The Bertz CT molecular complexity index is 499. The van der Waals surface area contributed by atoms with Gasteiger partial charge in [-0.3, -0.25) is 4.79 Å². The molecule has 1 N–H and O–H groups in total. The van der Waals surface area contributed by atoms with Gasteiger partial charge < -0.3 is 14.6 Å². The number of aliphatic carboxylic acids is 1. The standard InChI is InChI=1S/C18H26F10O4/c19-15(20,17(23,24)25)9-3-5-11-31-14(8-2-1-7-13(29)30)32-12-6-4-10-16(21,22)18(26,27)28/h14H,1-12H2,(H,29,30). The lowest BCUT2D eigenvalue weighted by Gasteiger charge is -2.21. The molecule has 0 fully saturated rings. The van der Waals surface area contributed by atoms with E-state index in [2.05, 4.69) is 0 Å². The third-order valence-corrected chi connectivity index (χ3v) is 4.29. The number of hydrogen-bond acceptors (Lipinski definition) is 3. The van der Waals surface area contributed by atoms with Crippen LogP contribution in [0.5, 0.6) is 0 Å². The minimum absolute atomic E-state index is 0.116. The first kappa shape index (κ1) is 30.7. The number of unbranched alkanes of at least 4 members (excludes halogenated alkanes) is 3. The van der Waals surface area contributed by atoms with Gasteiger partial charge in [0, 0.05) is 32.5 Å². The van der Waals surface area contributed by atoms with E-state index in [1.165, 1.54) is 0 Å². The molecule has 0 aliphatic heterocycles. The Morgan fingerprint density at radius 3 is 1.41 bits per heavy atom. The van der Waals surface area contributed by atoms with E-state index in [0.717, 1.165) is 0 Å². The molecule has 0 atom stereocenters. The van der Waals surface area contributed by atoms with Gasteiger partial charge in [-0.1, -0.05) is 0 Å². The molecule has 0 bridgehead atoms. The number of carbonyl (C=O) groups is 1. The first-order valence-corrected chi connectivity index (χ1v) is 9.84. The molecule has 0 aliphatic carbocycles. The quantitative estimate of drug-likeness (QED) is 0.138. The fraction of sp³-hybridized carbons (Fsp3) is 0.944. The topological polar surface area (TPSA) is 55.8 Å². The van der Waals surface area contributed by atoms with Gasteiger partial charge in [0.25, 0.3) is 0 Å². The summed E-state index contributed by atoms with van der Waals surface area (Å²) in [5, 5.41) is 8.58. The minimum Gasteiger partial charge on any atom is -0.481 e. The van der Waals surface area contributed by atoms with Crippen LogP contribution in [0.3, 0.4) is 0 Å². The van der Waals surface area contributed by atoms with Crippen molar-refractivity contribution in [2.24, 2.45) is 0 Å². The Balaban J connectivity index is 4.37. The Morgan fingerprint density at radius 2 is 1.06 bits per heavy atom. The Hall–Kier alpha value is -1.31. The van der Waals surface area contributed by atoms with Crippen molar-refractivity contribution in [3.63, 3.8) is 0 Å². The number of hydrogen-bond donors (Lipinski definition) is 1. The van der Waals surface area contributed by atoms with E-state index in [1.807, 2.05) is 0 Å². The number of carboxylic acid groups (broad SMARTS) is 1. The average molecular weight is 496 g/mol. The average Bonchev–Trinajstić information content (AvgIpc) is 2.61. The van der Waals surface area contributed by atoms with Crippen LogP contribution in [0.1, 0.15) is 64.2 Å². The molecule has 0 amide bonds. The molecule has 4 nitrogen and oxygen atoms in total. The molecule has 0 aromatic carbocycles. The number of rotatable bonds is 17. The third kappa shape index (κ3) is 12.7. The van der Waals surface area contributed by atoms with Crippen LogP contribution in [0.15, 0.2) is 0 Å². The smallest absolute Gasteiger partial charge is 0.453 e. The number of ether oxygens (including phenoxy) is 2. The van der Waals surface area contributed by atoms with E-state index in [4.69, 9.17) is 14.6 Å². The van der Waals surface area contributed by atoms with Gasteiger partial charge in [0.15, 0.2) is 6.29 Å². The number of halogens is 10. The zero-order chi connectivity index (χ0) is 25.1. The summed E-state index contributed by atoms with van der Waals surface area (Å²) in [5.74, 6) is -10.7. The van der Waals surface area contributed by atoms with Crippen molar-refractivity contribution >= 4 is 5.97 Å². The van der Waals surface area contributed by atoms with Gasteiger partial charge in [-0.2, -0.15) is 43.9 Å². The first-order valence-electron chi connectivity index (χ1n) is 9.84. The Morgan fingerprint density at radius 1 is 0.656 bits per heavy atom. The molecular formula is C18H26F10O4. The summed E-state index contributed by atoms with van der Waals surface area (Å²) in [6.07, 6.45) is -16.1. The fourth-order valence-electron chi connectivity index (χ4n) is 2.41. The van der Waals surface area contributed by atoms with Crippen LogP contribution in [-0.2, 0) is 14.3 Å². The van der Waals surface area contributed by atoms with E-state index in [9.17, 15) is 48.7 Å². The van der Waals surface area contributed by atoms with Crippen LogP contribution in [0.2, 0.25) is 0 Å². The molecule has 0 radical (unpaired) electrons. The molecule has 14 heteroatoms. The summed E-state index contributed by atoms with van der Waals surface area (Å²) in [6.45, 7) is -0.520. The van der Waals surface area contributed by atoms with Crippen LogP contribution in [-0.4, -0.2) is 54.8 Å². The second-order valence-corrected chi connectivity index (χ2v) is 7.13. The van der Waals surface area contributed by atoms with Crippen LogP contribution >= 0.6 is 0 Å². The lowest BCUT2D eigenvalue weighted by atomic mass is 10.1. The lowest BCUT2D eigenvalue weighted by molar-refractivity contribution is -0.285. The maximum Gasteiger partial charge on any atom is 0.453 e. The van der Waals surface area contributed by atoms with Crippen molar-refractivity contribution in [3.8, 4) is 0 Å².